The molecule has 2 heteroatoms. The lowest BCUT2D eigenvalue weighted by Crippen LogP contribution is -2.23. The second-order valence-corrected chi connectivity index (χ2v) is 4.60. The van der Waals surface area contributed by atoms with Crippen molar-refractivity contribution in [3.63, 3.8) is 0 Å². The number of anilines is 1. The Morgan fingerprint density at radius 1 is 1.53 bits per heavy atom. The monoisotopic (exact) mass is 204 g/mol. The van der Waals surface area contributed by atoms with Crippen molar-refractivity contribution < 1.29 is 0 Å². The predicted molar refractivity (Wildman–Crippen MR) is 65.6 cm³/mol. The molecule has 0 aromatic heterocycles. The molecular formula is C13H20N2. The Labute approximate surface area is 92.1 Å². The molecule has 2 N–H and O–H groups in total. The van der Waals surface area contributed by atoms with Gasteiger partial charge in [0.2, 0.25) is 0 Å². The molecule has 0 saturated heterocycles. The molecule has 0 fully saturated rings. The molecule has 2 nitrogen and oxygen atoms in total. The molecule has 2 atom stereocenters. The second kappa shape index (κ2) is 4.23. The Hall–Kier alpha value is -1.02. The standard InChI is InChI=1S/C13H20N2/c1-9-8-15-13-5-4-11(7-12(9)13)6-10(2)14-3/h4-5,7,9-10,14-15H,6,8H2,1-3H3. The zero-order valence-electron chi connectivity index (χ0n) is 9.80. The van der Waals surface area contributed by atoms with Crippen LogP contribution in [0.4, 0.5) is 5.69 Å². The number of nitrogens with one attached hydrogen (secondary N) is 2. The molecule has 82 valence electrons. The molecule has 1 aliphatic heterocycles. The molecule has 2 unspecified atom stereocenters. The topological polar surface area (TPSA) is 24.1 Å². The third-order valence-corrected chi connectivity index (χ3v) is 3.28. The van der Waals surface area contributed by atoms with Crippen molar-refractivity contribution in [2.75, 3.05) is 18.9 Å². The van der Waals surface area contributed by atoms with Crippen LogP contribution in [0.1, 0.15) is 30.9 Å². The van der Waals surface area contributed by atoms with E-state index >= 15 is 0 Å². The zero-order chi connectivity index (χ0) is 10.8. The van der Waals surface area contributed by atoms with Crippen molar-refractivity contribution in [2.24, 2.45) is 0 Å². The summed E-state index contributed by atoms with van der Waals surface area (Å²) in [6, 6.07) is 7.36. The van der Waals surface area contributed by atoms with E-state index in [1.165, 1.54) is 16.8 Å². The van der Waals surface area contributed by atoms with Gasteiger partial charge in [0, 0.05) is 24.2 Å². The first-order valence-electron chi connectivity index (χ1n) is 5.74. The van der Waals surface area contributed by atoms with Crippen molar-refractivity contribution in [2.45, 2.75) is 32.2 Å². The van der Waals surface area contributed by atoms with Gasteiger partial charge < -0.3 is 10.6 Å². The SMILES string of the molecule is CNC(C)Cc1ccc2c(c1)C(C)CN2. The van der Waals surface area contributed by atoms with Gasteiger partial charge in [-0.2, -0.15) is 0 Å². The Balaban J connectivity index is 2.18. The van der Waals surface area contributed by atoms with Gasteiger partial charge in [0.25, 0.3) is 0 Å². The third kappa shape index (κ3) is 2.15. The third-order valence-electron chi connectivity index (χ3n) is 3.28. The summed E-state index contributed by atoms with van der Waals surface area (Å²) in [4.78, 5) is 0. The average molecular weight is 204 g/mol. The first-order valence-corrected chi connectivity index (χ1v) is 5.74. The Bertz CT molecular complexity index is 346. The lowest BCUT2D eigenvalue weighted by Gasteiger charge is -2.11. The van der Waals surface area contributed by atoms with Gasteiger partial charge in [0.15, 0.2) is 0 Å². The maximum atomic E-state index is 3.43. The van der Waals surface area contributed by atoms with Gasteiger partial charge >= 0.3 is 0 Å². The maximum absolute atomic E-state index is 3.43. The molecule has 1 aromatic carbocycles. The van der Waals surface area contributed by atoms with Gasteiger partial charge in [-0.15, -0.1) is 0 Å². The summed E-state index contributed by atoms with van der Waals surface area (Å²) in [6.07, 6.45) is 1.11. The summed E-state index contributed by atoms with van der Waals surface area (Å²) in [5.41, 5.74) is 4.24. The number of benzene rings is 1. The van der Waals surface area contributed by atoms with E-state index in [1.54, 1.807) is 0 Å². The first-order chi connectivity index (χ1) is 7.20. The molecule has 0 saturated carbocycles. The highest BCUT2D eigenvalue weighted by atomic mass is 14.9. The van der Waals surface area contributed by atoms with Crippen LogP contribution < -0.4 is 10.6 Å². The lowest BCUT2D eigenvalue weighted by molar-refractivity contribution is 0.608. The molecule has 0 aliphatic carbocycles. The molecule has 1 aliphatic rings. The first kappa shape index (κ1) is 10.5. The van der Waals surface area contributed by atoms with Gasteiger partial charge in [-0.3, -0.25) is 0 Å². The van der Waals surface area contributed by atoms with E-state index in [2.05, 4.69) is 42.7 Å². The summed E-state index contributed by atoms with van der Waals surface area (Å²) in [5, 5.41) is 6.71. The van der Waals surface area contributed by atoms with Crippen molar-refractivity contribution in [1.29, 1.82) is 0 Å². The molecule has 0 spiro atoms. The highest BCUT2D eigenvalue weighted by Crippen LogP contribution is 2.31. The molecule has 1 aromatic rings. The normalized spacial score (nSPS) is 20.9. The highest BCUT2D eigenvalue weighted by Gasteiger charge is 2.17. The van der Waals surface area contributed by atoms with E-state index in [4.69, 9.17) is 0 Å². The molecule has 0 amide bonds. The van der Waals surface area contributed by atoms with Crippen LogP contribution in [0.15, 0.2) is 18.2 Å². The molecule has 0 bridgehead atoms. The van der Waals surface area contributed by atoms with E-state index < -0.39 is 0 Å². The van der Waals surface area contributed by atoms with Crippen LogP contribution in [0.5, 0.6) is 0 Å². The van der Waals surface area contributed by atoms with E-state index in [1.807, 2.05) is 7.05 Å². The number of hydrogen-bond donors (Lipinski definition) is 2. The Morgan fingerprint density at radius 2 is 2.33 bits per heavy atom. The summed E-state index contributed by atoms with van der Waals surface area (Å²) in [6.45, 7) is 5.58. The molecular weight excluding hydrogens is 184 g/mol. The van der Waals surface area contributed by atoms with Crippen molar-refractivity contribution in [3.8, 4) is 0 Å². The maximum Gasteiger partial charge on any atom is 0.0376 e. The van der Waals surface area contributed by atoms with Crippen LogP contribution in [0.3, 0.4) is 0 Å². The molecule has 15 heavy (non-hydrogen) atoms. The number of rotatable bonds is 3. The fourth-order valence-corrected chi connectivity index (χ4v) is 2.14. The fraction of sp³-hybridized carbons (Fsp3) is 0.538. The number of likely N-dealkylation sites (N-methyl/N-ethyl adjacent to an activating group) is 1. The van der Waals surface area contributed by atoms with Gasteiger partial charge in [0.1, 0.15) is 0 Å². The quantitative estimate of drug-likeness (QED) is 0.790. The minimum absolute atomic E-state index is 0.549. The minimum atomic E-state index is 0.549. The van der Waals surface area contributed by atoms with Gasteiger partial charge in [-0.1, -0.05) is 19.1 Å². The van der Waals surface area contributed by atoms with Gasteiger partial charge in [0.05, 0.1) is 0 Å². The molecule has 2 rings (SSSR count). The van der Waals surface area contributed by atoms with Crippen LogP contribution in [0.25, 0.3) is 0 Å². The predicted octanol–water partition coefficient (Wildman–Crippen LogP) is 2.37. The zero-order valence-corrected chi connectivity index (χ0v) is 9.80. The largest absolute Gasteiger partial charge is 0.384 e. The molecule has 1 heterocycles. The van der Waals surface area contributed by atoms with E-state index in [0.29, 0.717) is 12.0 Å². The van der Waals surface area contributed by atoms with Gasteiger partial charge in [-0.05, 0) is 37.6 Å². The van der Waals surface area contributed by atoms with E-state index in [-0.39, 0.29) is 0 Å². The summed E-state index contributed by atoms with van der Waals surface area (Å²) >= 11 is 0. The van der Waals surface area contributed by atoms with Gasteiger partial charge in [-0.25, -0.2) is 0 Å². The number of hydrogen-bond acceptors (Lipinski definition) is 2. The van der Waals surface area contributed by atoms with Crippen molar-refractivity contribution in [1.82, 2.24) is 5.32 Å². The molecule has 0 radical (unpaired) electrons. The van der Waals surface area contributed by atoms with Crippen LogP contribution in [-0.2, 0) is 6.42 Å². The van der Waals surface area contributed by atoms with Crippen molar-refractivity contribution in [3.05, 3.63) is 29.3 Å². The summed E-state index contributed by atoms with van der Waals surface area (Å²) in [7, 11) is 2.02. The van der Waals surface area contributed by atoms with E-state index in [0.717, 1.165) is 13.0 Å². The minimum Gasteiger partial charge on any atom is -0.384 e. The van der Waals surface area contributed by atoms with Crippen LogP contribution >= 0.6 is 0 Å². The summed E-state index contributed by atoms with van der Waals surface area (Å²) in [5.74, 6) is 0.657. The lowest BCUT2D eigenvalue weighted by atomic mass is 9.98. The average Bonchev–Trinajstić information content (AvgIpc) is 2.60. The second-order valence-electron chi connectivity index (χ2n) is 4.60. The van der Waals surface area contributed by atoms with Crippen LogP contribution in [0, 0.1) is 0 Å². The van der Waals surface area contributed by atoms with E-state index in [9.17, 15) is 0 Å². The van der Waals surface area contributed by atoms with Crippen molar-refractivity contribution >= 4 is 5.69 Å². The smallest absolute Gasteiger partial charge is 0.0376 e. The fourth-order valence-electron chi connectivity index (χ4n) is 2.14. The van der Waals surface area contributed by atoms with Crippen LogP contribution in [-0.4, -0.2) is 19.6 Å². The van der Waals surface area contributed by atoms with Crippen LogP contribution in [0.2, 0.25) is 0 Å². The summed E-state index contributed by atoms with van der Waals surface area (Å²) < 4.78 is 0. The Kier molecular flexibility index (Phi) is 2.96. The Morgan fingerprint density at radius 3 is 3.07 bits per heavy atom. The highest BCUT2D eigenvalue weighted by molar-refractivity contribution is 5.58. The number of fused-ring (bicyclic) bond motifs is 1.